The smallest absolute Gasteiger partial charge is 0.259 e. The van der Waals surface area contributed by atoms with E-state index in [1.54, 1.807) is 0 Å². The second kappa shape index (κ2) is 9.75. The van der Waals surface area contributed by atoms with Gasteiger partial charge in [0.05, 0.1) is 5.39 Å². The number of amides is 1. The topological polar surface area (TPSA) is 78.1 Å². The van der Waals surface area contributed by atoms with E-state index in [0.29, 0.717) is 36.5 Å². The number of aromatic nitrogens is 2. The van der Waals surface area contributed by atoms with Crippen LogP contribution in [0.5, 0.6) is 0 Å². The first-order valence-electron chi connectivity index (χ1n) is 11.0. The summed E-state index contributed by atoms with van der Waals surface area (Å²) in [6.07, 6.45) is 3.09. The first-order chi connectivity index (χ1) is 15.0. The molecule has 1 unspecified atom stereocenters. The fraction of sp³-hybridized carbons (Fsp3) is 0.458. The van der Waals surface area contributed by atoms with Gasteiger partial charge in [-0.1, -0.05) is 30.3 Å². The lowest BCUT2D eigenvalue weighted by atomic mass is 9.97. The van der Waals surface area contributed by atoms with E-state index in [0.717, 1.165) is 47.7 Å². The monoisotopic (exact) mass is 438 g/mol. The van der Waals surface area contributed by atoms with Crippen molar-refractivity contribution in [2.75, 3.05) is 19.6 Å². The molecule has 1 atom stereocenters. The van der Waals surface area contributed by atoms with Crippen molar-refractivity contribution in [3.63, 3.8) is 0 Å². The molecule has 0 radical (unpaired) electrons. The summed E-state index contributed by atoms with van der Waals surface area (Å²) >= 11 is 1.53. The Kier molecular flexibility index (Phi) is 6.83. The summed E-state index contributed by atoms with van der Waals surface area (Å²) in [6, 6.07) is 10.5. The van der Waals surface area contributed by atoms with Crippen LogP contribution in [0.1, 0.15) is 41.1 Å². The van der Waals surface area contributed by atoms with Crippen LogP contribution >= 0.6 is 11.3 Å². The molecular formula is C24H30N4O2S. The SMILES string of the molecule is Cc1sc2nc(CCC(=O)NCC3CCCN(Cc4ccccc4)C3)[nH]c(=O)c2c1C. The number of hydrogen-bond acceptors (Lipinski definition) is 5. The van der Waals surface area contributed by atoms with Crippen molar-refractivity contribution in [2.45, 2.75) is 46.1 Å². The molecule has 0 bridgehead atoms. The van der Waals surface area contributed by atoms with Crippen molar-refractivity contribution in [2.24, 2.45) is 5.92 Å². The van der Waals surface area contributed by atoms with Gasteiger partial charge in [0.2, 0.25) is 5.91 Å². The van der Waals surface area contributed by atoms with Crippen LogP contribution in [0.2, 0.25) is 0 Å². The molecule has 164 valence electrons. The zero-order chi connectivity index (χ0) is 21.8. The molecule has 1 saturated heterocycles. The number of piperidine rings is 1. The largest absolute Gasteiger partial charge is 0.356 e. The van der Waals surface area contributed by atoms with Gasteiger partial charge in [0.1, 0.15) is 10.7 Å². The van der Waals surface area contributed by atoms with Crippen molar-refractivity contribution in [3.8, 4) is 0 Å². The summed E-state index contributed by atoms with van der Waals surface area (Å²) in [4.78, 5) is 36.5. The van der Waals surface area contributed by atoms with Crippen LogP contribution in [-0.2, 0) is 17.8 Å². The van der Waals surface area contributed by atoms with Gasteiger partial charge in [0.15, 0.2) is 0 Å². The van der Waals surface area contributed by atoms with Gasteiger partial charge in [-0.25, -0.2) is 4.98 Å². The van der Waals surface area contributed by atoms with Crippen LogP contribution in [0.25, 0.3) is 10.2 Å². The molecule has 4 rings (SSSR count). The molecule has 0 saturated carbocycles. The van der Waals surface area contributed by atoms with E-state index < -0.39 is 0 Å². The Bertz CT molecular complexity index is 1110. The van der Waals surface area contributed by atoms with Crippen molar-refractivity contribution in [3.05, 3.63) is 62.5 Å². The van der Waals surface area contributed by atoms with Crippen molar-refractivity contribution in [1.29, 1.82) is 0 Å². The Morgan fingerprint density at radius 2 is 2.10 bits per heavy atom. The van der Waals surface area contributed by atoms with E-state index in [2.05, 4.69) is 44.5 Å². The lowest BCUT2D eigenvalue weighted by molar-refractivity contribution is -0.121. The van der Waals surface area contributed by atoms with E-state index in [1.165, 1.54) is 16.9 Å². The first-order valence-corrected chi connectivity index (χ1v) is 11.8. The summed E-state index contributed by atoms with van der Waals surface area (Å²) in [5, 5.41) is 3.76. The Morgan fingerprint density at radius 3 is 2.90 bits per heavy atom. The highest BCUT2D eigenvalue weighted by Crippen LogP contribution is 2.25. The molecular weight excluding hydrogens is 408 g/mol. The van der Waals surface area contributed by atoms with Gasteiger partial charge in [-0.3, -0.25) is 14.5 Å². The minimum absolute atomic E-state index is 0.0152. The van der Waals surface area contributed by atoms with Gasteiger partial charge in [-0.15, -0.1) is 11.3 Å². The van der Waals surface area contributed by atoms with Crippen molar-refractivity contribution < 1.29 is 4.79 Å². The van der Waals surface area contributed by atoms with Gasteiger partial charge < -0.3 is 10.3 Å². The third kappa shape index (κ3) is 5.40. The molecule has 1 aliphatic rings. The van der Waals surface area contributed by atoms with Crippen molar-refractivity contribution in [1.82, 2.24) is 20.2 Å². The summed E-state index contributed by atoms with van der Waals surface area (Å²) in [6.45, 7) is 7.75. The Hall–Kier alpha value is -2.51. The summed E-state index contributed by atoms with van der Waals surface area (Å²) in [5.74, 6) is 1.08. The van der Waals surface area contributed by atoms with Gasteiger partial charge in [-0.2, -0.15) is 0 Å². The maximum absolute atomic E-state index is 12.4. The number of aromatic amines is 1. The normalized spacial score (nSPS) is 17.2. The van der Waals surface area contributed by atoms with Crippen LogP contribution in [0.3, 0.4) is 0 Å². The highest BCUT2D eigenvalue weighted by atomic mass is 32.1. The van der Waals surface area contributed by atoms with Gasteiger partial charge >= 0.3 is 0 Å². The number of aryl methyl sites for hydroxylation is 3. The lowest BCUT2D eigenvalue weighted by Crippen LogP contribution is -2.40. The average molecular weight is 439 g/mol. The van der Waals surface area contributed by atoms with Crippen molar-refractivity contribution >= 4 is 27.5 Å². The molecule has 1 aliphatic heterocycles. The molecule has 1 aromatic carbocycles. The van der Waals surface area contributed by atoms with Crippen LogP contribution in [0.4, 0.5) is 0 Å². The van der Waals surface area contributed by atoms with Gasteiger partial charge in [0, 0.05) is 37.4 Å². The lowest BCUT2D eigenvalue weighted by Gasteiger charge is -2.32. The number of hydrogen-bond donors (Lipinski definition) is 2. The Labute approximate surface area is 186 Å². The molecule has 1 fully saturated rings. The van der Waals surface area contributed by atoms with Gasteiger partial charge in [-0.05, 0) is 50.3 Å². The molecule has 31 heavy (non-hydrogen) atoms. The van der Waals surface area contributed by atoms with Crippen LogP contribution < -0.4 is 10.9 Å². The Morgan fingerprint density at radius 1 is 1.29 bits per heavy atom. The number of likely N-dealkylation sites (tertiary alicyclic amines) is 1. The maximum atomic E-state index is 12.4. The third-order valence-electron chi connectivity index (χ3n) is 6.12. The molecule has 3 aromatic rings. The number of fused-ring (bicyclic) bond motifs is 1. The van der Waals surface area contributed by atoms with E-state index in [-0.39, 0.29) is 11.5 Å². The number of nitrogens with one attached hydrogen (secondary N) is 2. The third-order valence-corrected chi connectivity index (χ3v) is 7.22. The number of benzene rings is 1. The molecule has 1 amide bonds. The summed E-state index contributed by atoms with van der Waals surface area (Å²) < 4.78 is 0. The molecule has 6 nitrogen and oxygen atoms in total. The Balaban J connectivity index is 1.26. The second-order valence-electron chi connectivity index (χ2n) is 8.51. The molecule has 0 spiro atoms. The first kappa shape index (κ1) is 21.7. The van der Waals surface area contributed by atoms with Crippen LogP contribution in [0, 0.1) is 19.8 Å². The van der Waals surface area contributed by atoms with Crippen LogP contribution in [-0.4, -0.2) is 40.4 Å². The second-order valence-corrected chi connectivity index (χ2v) is 9.71. The standard InChI is InChI=1S/C24H30N4O2S/c1-16-17(2)31-24-22(16)23(30)26-20(27-24)10-11-21(29)25-13-19-9-6-12-28(15-19)14-18-7-4-3-5-8-18/h3-5,7-8,19H,6,9-15H2,1-2H3,(H,25,29)(H,26,27,30). The zero-order valence-corrected chi connectivity index (χ0v) is 19.1. The zero-order valence-electron chi connectivity index (χ0n) is 18.2. The molecule has 0 aliphatic carbocycles. The fourth-order valence-electron chi connectivity index (χ4n) is 4.30. The predicted octanol–water partition coefficient (Wildman–Crippen LogP) is 3.56. The highest BCUT2D eigenvalue weighted by Gasteiger charge is 2.20. The minimum Gasteiger partial charge on any atom is -0.356 e. The highest BCUT2D eigenvalue weighted by molar-refractivity contribution is 7.18. The minimum atomic E-state index is -0.108. The number of carbonyl (C=O) groups excluding carboxylic acids is 1. The number of rotatable bonds is 7. The number of nitrogens with zero attached hydrogens (tertiary/aromatic N) is 2. The number of thiophene rings is 1. The fourth-order valence-corrected chi connectivity index (χ4v) is 5.35. The quantitative estimate of drug-likeness (QED) is 0.591. The molecule has 3 heterocycles. The maximum Gasteiger partial charge on any atom is 0.259 e. The average Bonchev–Trinajstić information content (AvgIpc) is 3.05. The molecule has 2 N–H and O–H groups in total. The molecule has 7 heteroatoms. The summed E-state index contributed by atoms with van der Waals surface area (Å²) in [5.41, 5.74) is 2.22. The summed E-state index contributed by atoms with van der Waals surface area (Å²) in [7, 11) is 0. The van der Waals surface area contributed by atoms with E-state index in [9.17, 15) is 9.59 Å². The van der Waals surface area contributed by atoms with E-state index >= 15 is 0 Å². The molecule has 2 aromatic heterocycles. The van der Waals surface area contributed by atoms with Crippen LogP contribution in [0.15, 0.2) is 35.1 Å². The van der Waals surface area contributed by atoms with E-state index in [4.69, 9.17) is 0 Å². The predicted molar refractivity (Wildman–Crippen MR) is 125 cm³/mol. The number of H-pyrrole nitrogens is 1. The van der Waals surface area contributed by atoms with Gasteiger partial charge in [0.25, 0.3) is 5.56 Å². The number of carbonyl (C=O) groups is 1. The van der Waals surface area contributed by atoms with E-state index in [1.807, 2.05) is 19.9 Å².